The molecule has 1 N–H and O–H groups in total. The molecule has 8 heteroatoms. The minimum absolute atomic E-state index is 0.544. The molecule has 0 saturated carbocycles. The lowest BCUT2D eigenvalue weighted by atomic mass is 10.0. The molecule has 2 fully saturated rings. The average Bonchev–Trinajstić information content (AvgIpc) is 3.43. The van der Waals surface area contributed by atoms with Gasteiger partial charge in [-0.05, 0) is 43.1 Å². The Kier molecular flexibility index (Phi) is 7.35. The number of aryl methyl sites for hydroxylation is 1. The number of aromatic nitrogens is 2. The van der Waals surface area contributed by atoms with Crippen LogP contribution in [0.3, 0.4) is 0 Å². The maximum atomic E-state index is 6.14. The highest BCUT2D eigenvalue weighted by molar-refractivity contribution is 6.30. The summed E-state index contributed by atoms with van der Waals surface area (Å²) in [5.41, 5.74) is 2.56. The summed E-state index contributed by atoms with van der Waals surface area (Å²) in [6.07, 6.45) is 6.41. The van der Waals surface area contributed by atoms with Gasteiger partial charge in [0.15, 0.2) is 5.96 Å². The summed E-state index contributed by atoms with van der Waals surface area (Å²) in [7, 11) is 3.86. The number of benzene rings is 1. The largest absolute Gasteiger partial charge is 0.369 e. The van der Waals surface area contributed by atoms with Crippen molar-refractivity contribution in [3.05, 3.63) is 47.2 Å². The van der Waals surface area contributed by atoms with E-state index in [-0.39, 0.29) is 0 Å². The van der Waals surface area contributed by atoms with Gasteiger partial charge in [0.25, 0.3) is 0 Å². The number of aliphatic imine (C=N–C) groups is 1. The van der Waals surface area contributed by atoms with E-state index in [1.54, 1.807) is 0 Å². The molecule has 1 aromatic heterocycles. The van der Waals surface area contributed by atoms with Crippen LogP contribution in [0.4, 0.5) is 5.69 Å². The predicted molar refractivity (Wildman–Crippen MR) is 128 cm³/mol. The molecule has 7 nitrogen and oxygen atoms in total. The van der Waals surface area contributed by atoms with Gasteiger partial charge in [-0.25, -0.2) is 0 Å². The molecule has 0 bridgehead atoms. The maximum Gasteiger partial charge on any atom is 0.193 e. The van der Waals surface area contributed by atoms with Crippen molar-refractivity contribution in [2.45, 2.75) is 18.8 Å². The molecule has 1 aromatic carbocycles. The van der Waals surface area contributed by atoms with Gasteiger partial charge in [-0.2, -0.15) is 5.10 Å². The van der Waals surface area contributed by atoms with Crippen molar-refractivity contribution >= 4 is 23.2 Å². The second-order valence-corrected chi connectivity index (χ2v) is 8.95. The molecular formula is C23H34ClN7. The molecule has 4 rings (SSSR count). The molecule has 3 heterocycles. The highest BCUT2D eigenvalue weighted by Gasteiger charge is 2.26. The SMILES string of the molecule is CN=C(NCCCN1CCN(c2cccc(Cl)c2)CC1)N1CCC(c2cnn(C)c2)C1. The Morgan fingerprint density at radius 1 is 1.23 bits per heavy atom. The topological polar surface area (TPSA) is 51.9 Å². The van der Waals surface area contributed by atoms with Crippen LogP contribution in [0.1, 0.15) is 24.3 Å². The highest BCUT2D eigenvalue weighted by atomic mass is 35.5. The van der Waals surface area contributed by atoms with Gasteiger partial charge >= 0.3 is 0 Å². The molecule has 2 aliphatic rings. The molecule has 2 aliphatic heterocycles. The Balaban J connectivity index is 1.15. The van der Waals surface area contributed by atoms with Crippen LogP contribution in [0, 0.1) is 0 Å². The number of likely N-dealkylation sites (tertiary alicyclic amines) is 1. The Labute approximate surface area is 190 Å². The van der Waals surface area contributed by atoms with Gasteiger partial charge in [0.2, 0.25) is 0 Å². The van der Waals surface area contributed by atoms with Gasteiger partial charge < -0.3 is 15.1 Å². The van der Waals surface area contributed by atoms with E-state index in [9.17, 15) is 0 Å². The monoisotopic (exact) mass is 443 g/mol. The normalized spacial score (nSPS) is 20.5. The zero-order valence-corrected chi connectivity index (χ0v) is 19.4. The van der Waals surface area contributed by atoms with E-state index >= 15 is 0 Å². The Morgan fingerprint density at radius 3 is 2.77 bits per heavy atom. The quantitative estimate of drug-likeness (QED) is 0.422. The number of nitrogens with one attached hydrogen (secondary N) is 1. The van der Waals surface area contributed by atoms with Crippen LogP contribution < -0.4 is 10.2 Å². The fraction of sp³-hybridized carbons (Fsp3) is 0.565. The van der Waals surface area contributed by atoms with Gasteiger partial charge in [-0.15, -0.1) is 0 Å². The summed E-state index contributed by atoms with van der Waals surface area (Å²) in [5.74, 6) is 1.57. The molecule has 2 aromatic rings. The van der Waals surface area contributed by atoms with Crippen LogP contribution in [0.2, 0.25) is 5.02 Å². The van der Waals surface area contributed by atoms with Crippen molar-refractivity contribution in [3.63, 3.8) is 0 Å². The number of halogens is 1. The van der Waals surface area contributed by atoms with Crippen molar-refractivity contribution in [3.8, 4) is 0 Å². The molecular weight excluding hydrogens is 410 g/mol. The standard InChI is InChI=1S/C23H34ClN7/c1-25-23(31-10-7-19(18-31)20-16-27-28(2)17-20)26-8-4-9-29-11-13-30(14-12-29)22-6-3-5-21(24)15-22/h3,5-6,15-17,19H,4,7-14,18H2,1-2H3,(H,25,26). The summed E-state index contributed by atoms with van der Waals surface area (Å²) in [5, 5.41) is 8.70. The number of piperazine rings is 1. The minimum atomic E-state index is 0.544. The van der Waals surface area contributed by atoms with Crippen molar-refractivity contribution in [2.24, 2.45) is 12.0 Å². The molecule has 1 unspecified atom stereocenters. The smallest absolute Gasteiger partial charge is 0.193 e. The zero-order valence-electron chi connectivity index (χ0n) is 18.7. The van der Waals surface area contributed by atoms with E-state index in [0.29, 0.717) is 5.92 Å². The first-order valence-electron chi connectivity index (χ1n) is 11.3. The van der Waals surface area contributed by atoms with Gasteiger partial charge in [-0.1, -0.05) is 17.7 Å². The first-order chi connectivity index (χ1) is 15.1. The lowest BCUT2D eigenvalue weighted by Crippen LogP contribution is -2.47. The van der Waals surface area contributed by atoms with Crippen molar-refractivity contribution in [2.75, 3.05) is 64.3 Å². The van der Waals surface area contributed by atoms with Crippen LogP contribution in [-0.4, -0.2) is 84.9 Å². The van der Waals surface area contributed by atoms with Crippen molar-refractivity contribution < 1.29 is 0 Å². The molecule has 168 valence electrons. The highest BCUT2D eigenvalue weighted by Crippen LogP contribution is 2.26. The number of guanidine groups is 1. The summed E-state index contributed by atoms with van der Waals surface area (Å²) in [6.45, 7) is 8.43. The van der Waals surface area contributed by atoms with E-state index in [4.69, 9.17) is 11.6 Å². The minimum Gasteiger partial charge on any atom is -0.369 e. The zero-order chi connectivity index (χ0) is 21.6. The maximum absolute atomic E-state index is 6.14. The number of anilines is 1. The predicted octanol–water partition coefficient (Wildman–Crippen LogP) is 2.65. The number of nitrogens with zero attached hydrogens (tertiary/aromatic N) is 6. The van der Waals surface area contributed by atoms with Gasteiger partial charge in [0, 0.05) is 82.7 Å². The molecule has 1 atom stereocenters. The van der Waals surface area contributed by atoms with Gasteiger partial charge in [0.1, 0.15) is 0 Å². The second-order valence-electron chi connectivity index (χ2n) is 8.52. The third-order valence-electron chi connectivity index (χ3n) is 6.38. The van der Waals surface area contributed by atoms with Crippen LogP contribution in [0.25, 0.3) is 0 Å². The lowest BCUT2D eigenvalue weighted by Gasteiger charge is -2.36. The van der Waals surface area contributed by atoms with Crippen molar-refractivity contribution in [1.82, 2.24) is 24.9 Å². The first kappa shape index (κ1) is 22.0. The first-order valence-corrected chi connectivity index (χ1v) is 11.7. The Hall–Kier alpha value is -2.25. The van der Waals surface area contributed by atoms with E-state index in [0.717, 1.165) is 76.2 Å². The Morgan fingerprint density at radius 2 is 2.06 bits per heavy atom. The summed E-state index contributed by atoms with van der Waals surface area (Å²) >= 11 is 6.14. The van der Waals surface area contributed by atoms with Crippen LogP contribution in [0.5, 0.6) is 0 Å². The fourth-order valence-electron chi connectivity index (χ4n) is 4.61. The molecule has 0 amide bonds. The molecule has 31 heavy (non-hydrogen) atoms. The van der Waals surface area contributed by atoms with Crippen molar-refractivity contribution in [1.29, 1.82) is 0 Å². The summed E-state index contributed by atoms with van der Waals surface area (Å²) in [6, 6.07) is 8.17. The van der Waals surface area contributed by atoms with E-state index in [1.165, 1.54) is 11.3 Å². The number of hydrogen-bond donors (Lipinski definition) is 1. The third kappa shape index (κ3) is 5.71. The third-order valence-corrected chi connectivity index (χ3v) is 6.61. The molecule has 0 radical (unpaired) electrons. The summed E-state index contributed by atoms with van der Waals surface area (Å²) in [4.78, 5) is 11.9. The number of rotatable bonds is 6. The average molecular weight is 444 g/mol. The van der Waals surface area contributed by atoms with Crippen LogP contribution >= 0.6 is 11.6 Å². The second kappa shape index (κ2) is 10.4. The van der Waals surface area contributed by atoms with Gasteiger partial charge in [-0.3, -0.25) is 14.6 Å². The van der Waals surface area contributed by atoms with E-state index in [1.807, 2.05) is 37.1 Å². The van der Waals surface area contributed by atoms with E-state index in [2.05, 4.69) is 48.4 Å². The fourth-order valence-corrected chi connectivity index (χ4v) is 4.80. The summed E-state index contributed by atoms with van der Waals surface area (Å²) < 4.78 is 1.89. The number of hydrogen-bond acceptors (Lipinski definition) is 4. The van der Waals surface area contributed by atoms with Crippen LogP contribution in [0.15, 0.2) is 41.7 Å². The molecule has 2 saturated heterocycles. The lowest BCUT2D eigenvalue weighted by molar-refractivity contribution is 0.255. The Bertz CT molecular complexity index is 872. The van der Waals surface area contributed by atoms with E-state index < -0.39 is 0 Å². The molecule has 0 aliphatic carbocycles. The van der Waals surface area contributed by atoms with Crippen LogP contribution in [-0.2, 0) is 7.05 Å². The molecule has 0 spiro atoms. The van der Waals surface area contributed by atoms with Gasteiger partial charge in [0.05, 0.1) is 6.20 Å².